The molecule has 2 bridgehead atoms. The second-order valence-electron chi connectivity index (χ2n) is 8.88. The highest BCUT2D eigenvalue weighted by Gasteiger charge is 2.62. The number of anilines is 1. The molecule has 1 saturated heterocycles. The number of hydrogen-bond donors (Lipinski definition) is 1. The van der Waals surface area contributed by atoms with Crippen molar-refractivity contribution < 1.29 is 23.9 Å². The Balaban J connectivity index is 1.42. The normalized spacial score (nSPS) is 27.6. The molecule has 3 aliphatic rings. The molecule has 3 fully saturated rings. The van der Waals surface area contributed by atoms with Crippen molar-refractivity contribution in [1.29, 1.82) is 0 Å². The zero-order chi connectivity index (χ0) is 22.4. The average Bonchev–Trinajstić information content (AvgIpc) is 3.40. The maximum absolute atomic E-state index is 13.1. The van der Waals surface area contributed by atoms with Gasteiger partial charge < -0.3 is 10.1 Å². The summed E-state index contributed by atoms with van der Waals surface area (Å²) in [5, 5.41) is 2.99. The Hall–Kier alpha value is -2.12. The predicted octanol–water partition coefficient (Wildman–Crippen LogP) is 3.53. The minimum Gasteiger partial charge on any atom is -0.454 e. The topological polar surface area (TPSA) is 92.8 Å². The van der Waals surface area contributed by atoms with Crippen LogP contribution < -0.4 is 5.32 Å². The van der Waals surface area contributed by atoms with Crippen LogP contribution in [0.1, 0.15) is 33.1 Å². The van der Waals surface area contributed by atoms with Crippen molar-refractivity contribution in [1.82, 2.24) is 4.90 Å². The van der Waals surface area contributed by atoms with Crippen LogP contribution in [0.25, 0.3) is 0 Å². The number of halogens is 2. The second-order valence-corrected chi connectivity index (χ2v) is 9.66. The van der Waals surface area contributed by atoms with E-state index in [1.807, 2.05) is 0 Å². The molecule has 3 amide bonds. The molecule has 166 valence electrons. The molecule has 1 aliphatic heterocycles. The predicted molar refractivity (Wildman–Crippen MR) is 114 cm³/mol. The van der Waals surface area contributed by atoms with E-state index in [1.165, 1.54) is 0 Å². The SMILES string of the molecule is CC(C)[C@H](C(=O)OCC(=O)Nc1cccc(Cl)c1Cl)N1C(=O)[C@@H]2[C@H]3CC[C@@H](C3)[C@H]2C1=O. The number of fused-ring (bicyclic) bond motifs is 5. The molecular weight excluding hydrogens is 443 g/mol. The van der Waals surface area contributed by atoms with Gasteiger partial charge in [-0.05, 0) is 49.1 Å². The van der Waals surface area contributed by atoms with Crippen molar-refractivity contribution in [2.24, 2.45) is 29.6 Å². The number of nitrogens with one attached hydrogen (secondary N) is 1. The number of nitrogens with zero attached hydrogens (tertiary/aromatic N) is 1. The van der Waals surface area contributed by atoms with Crippen LogP contribution in [0.2, 0.25) is 10.0 Å². The van der Waals surface area contributed by atoms with Gasteiger partial charge in [0.25, 0.3) is 5.91 Å². The first-order chi connectivity index (χ1) is 14.7. The fraction of sp³-hybridized carbons (Fsp3) is 0.545. The Morgan fingerprint density at radius 2 is 1.74 bits per heavy atom. The fourth-order valence-corrected chi connectivity index (χ4v) is 5.74. The molecule has 9 heteroatoms. The maximum atomic E-state index is 13.1. The third kappa shape index (κ3) is 3.82. The molecule has 0 unspecified atom stereocenters. The molecule has 31 heavy (non-hydrogen) atoms. The van der Waals surface area contributed by atoms with Crippen molar-refractivity contribution in [3.63, 3.8) is 0 Å². The van der Waals surface area contributed by atoms with Gasteiger partial charge in [-0.3, -0.25) is 19.3 Å². The highest BCUT2D eigenvalue weighted by molar-refractivity contribution is 6.44. The van der Waals surface area contributed by atoms with Gasteiger partial charge in [0.15, 0.2) is 6.61 Å². The summed E-state index contributed by atoms with van der Waals surface area (Å²) in [5.74, 6) is -2.42. The van der Waals surface area contributed by atoms with Gasteiger partial charge in [-0.1, -0.05) is 43.1 Å². The lowest BCUT2D eigenvalue weighted by atomic mass is 9.81. The minimum absolute atomic E-state index is 0.179. The third-order valence-corrected chi connectivity index (χ3v) is 7.50. The number of ether oxygens (including phenoxy) is 1. The van der Waals surface area contributed by atoms with Crippen LogP contribution in [0.5, 0.6) is 0 Å². The van der Waals surface area contributed by atoms with E-state index in [4.69, 9.17) is 27.9 Å². The maximum Gasteiger partial charge on any atom is 0.330 e. The zero-order valence-corrected chi connectivity index (χ0v) is 18.8. The van der Waals surface area contributed by atoms with Crippen molar-refractivity contribution in [3.05, 3.63) is 28.2 Å². The Kier molecular flexibility index (Phi) is 6.01. The number of esters is 1. The Labute approximate surface area is 190 Å². The first-order valence-electron chi connectivity index (χ1n) is 10.5. The zero-order valence-electron chi connectivity index (χ0n) is 17.3. The molecule has 1 heterocycles. The van der Waals surface area contributed by atoms with Gasteiger partial charge >= 0.3 is 5.97 Å². The van der Waals surface area contributed by atoms with Crippen LogP contribution in [0, 0.1) is 29.6 Å². The van der Waals surface area contributed by atoms with E-state index in [9.17, 15) is 19.2 Å². The first-order valence-corrected chi connectivity index (χ1v) is 11.2. The number of benzene rings is 1. The summed E-state index contributed by atoms with van der Waals surface area (Å²) < 4.78 is 5.20. The van der Waals surface area contributed by atoms with E-state index in [1.54, 1.807) is 32.0 Å². The number of hydrogen-bond acceptors (Lipinski definition) is 5. The van der Waals surface area contributed by atoms with E-state index >= 15 is 0 Å². The van der Waals surface area contributed by atoms with Crippen LogP contribution in [0.15, 0.2) is 18.2 Å². The molecule has 7 nitrogen and oxygen atoms in total. The second kappa shape index (κ2) is 8.43. The highest BCUT2D eigenvalue weighted by atomic mass is 35.5. The molecule has 0 aromatic heterocycles. The van der Waals surface area contributed by atoms with Crippen LogP contribution in [0.3, 0.4) is 0 Å². The molecule has 0 spiro atoms. The number of amides is 3. The summed E-state index contributed by atoms with van der Waals surface area (Å²) in [7, 11) is 0. The minimum atomic E-state index is -1.05. The molecule has 2 aliphatic carbocycles. The van der Waals surface area contributed by atoms with Crippen molar-refractivity contribution in [2.45, 2.75) is 39.2 Å². The van der Waals surface area contributed by atoms with Gasteiger partial charge in [-0.15, -0.1) is 0 Å². The monoisotopic (exact) mass is 466 g/mol. The van der Waals surface area contributed by atoms with Crippen LogP contribution in [0.4, 0.5) is 5.69 Å². The molecule has 0 radical (unpaired) electrons. The average molecular weight is 467 g/mol. The third-order valence-electron chi connectivity index (χ3n) is 6.68. The van der Waals surface area contributed by atoms with E-state index in [2.05, 4.69) is 5.32 Å². The Morgan fingerprint density at radius 1 is 1.13 bits per heavy atom. The number of likely N-dealkylation sites (tertiary alicyclic amines) is 1. The van der Waals surface area contributed by atoms with Gasteiger partial charge in [0.1, 0.15) is 6.04 Å². The van der Waals surface area contributed by atoms with Crippen LogP contribution in [-0.2, 0) is 23.9 Å². The van der Waals surface area contributed by atoms with E-state index in [0.717, 1.165) is 24.2 Å². The van der Waals surface area contributed by atoms with Gasteiger partial charge in [-0.25, -0.2) is 4.79 Å². The smallest absolute Gasteiger partial charge is 0.330 e. The van der Waals surface area contributed by atoms with E-state index in [0.29, 0.717) is 5.69 Å². The molecule has 1 aromatic rings. The Bertz CT molecular complexity index is 922. The lowest BCUT2D eigenvalue weighted by molar-refractivity contribution is -0.162. The summed E-state index contributed by atoms with van der Waals surface area (Å²) in [6.07, 6.45) is 2.84. The van der Waals surface area contributed by atoms with E-state index in [-0.39, 0.29) is 51.4 Å². The van der Waals surface area contributed by atoms with Gasteiger partial charge in [0.05, 0.1) is 27.6 Å². The number of imide groups is 1. The first kappa shape index (κ1) is 22.1. The van der Waals surface area contributed by atoms with Crippen LogP contribution in [-0.4, -0.2) is 41.2 Å². The summed E-state index contributed by atoms with van der Waals surface area (Å²) in [4.78, 5) is 52.3. The molecule has 1 N–H and O–H groups in total. The van der Waals surface area contributed by atoms with Gasteiger partial charge in [0, 0.05) is 0 Å². The molecule has 5 atom stereocenters. The lowest BCUT2D eigenvalue weighted by Gasteiger charge is -2.28. The van der Waals surface area contributed by atoms with Gasteiger partial charge in [-0.2, -0.15) is 0 Å². The van der Waals surface area contributed by atoms with Gasteiger partial charge in [0.2, 0.25) is 11.8 Å². The summed E-state index contributed by atoms with van der Waals surface area (Å²) in [5.41, 5.74) is 0.295. The van der Waals surface area contributed by atoms with Crippen molar-refractivity contribution in [2.75, 3.05) is 11.9 Å². The Morgan fingerprint density at radius 3 is 2.32 bits per heavy atom. The lowest BCUT2D eigenvalue weighted by Crippen LogP contribution is -2.50. The summed E-state index contributed by atoms with van der Waals surface area (Å²) in [6, 6.07) is 3.73. The summed E-state index contributed by atoms with van der Waals surface area (Å²) in [6.45, 7) is 2.93. The number of carbonyl (C=O) groups is 4. The number of rotatable bonds is 6. The van der Waals surface area contributed by atoms with Crippen molar-refractivity contribution >= 4 is 52.6 Å². The van der Waals surface area contributed by atoms with Crippen LogP contribution >= 0.6 is 23.2 Å². The highest BCUT2D eigenvalue weighted by Crippen LogP contribution is 2.56. The quantitative estimate of drug-likeness (QED) is 0.511. The number of carbonyl (C=O) groups excluding carboxylic acids is 4. The standard InChI is InChI=1S/C22H24Cl2N2O5/c1-10(2)19(26-20(28)16-11-6-7-12(8-11)17(16)21(26)29)22(30)31-9-15(27)25-14-5-3-4-13(23)18(14)24/h3-5,10-12,16-17,19H,6-9H2,1-2H3,(H,25,27)/t11-,12-,16+,17+,19+/m0/s1. The van der Waals surface area contributed by atoms with Crippen molar-refractivity contribution in [3.8, 4) is 0 Å². The fourth-order valence-electron chi connectivity index (χ4n) is 5.39. The molecular formula is C22H24Cl2N2O5. The largest absolute Gasteiger partial charge is 0.454 e. The van der Waals surface area contributed by atoms with E-state index < -0.39 is 24.5 Å². The molecule has 4 rings (SSSR count). The molecule has 2 saturated carbocycles. The molecule has 1 aromatic carbocycles. The summed E-state index contributed by atoms with van der Waals surface area (Å²) >= 11 is 12.0.